The van der Waals surface area contributed by atoms with Crippen molar-refractivity contribution in [1.82, 2.24) is 0 Å². The zero-order chi connectivity index (χ0) is 13.4. The number of rotatable bonds is 5. The van der Waals surface area contributed by atoms with E-state index in [4.69, 9.17) is 10.2 Å². The van der Waals surface area contributed by atoms with Crippen molar-refractivity contribution in [2.24, 2.45) is 17.3 Å². The van der Waals surface area contributed by atoms with E-state index in [9.17, 15) is 5.11 Å². The first-order valence-electron chi connectivity index (χ1n) is 7.07. The van der Waals surface area contributed by atoms with Gasteiger partial charge < -0.3 is 15.3 Å². The van der Waals surface area contributed by atoms with Crippen molar-refractivity contribution in [3.8, 4) is 0 Å². The molecule has 2 bridgehead atoms. The van der Waals surface area contributed by atoms with Gasteiger partial charge in [0, 0.05) is 0 Å². The maximum absolute atomic E-state index is 10.8. The SMILES string of the molecule is C[C@]1(O)[C@@H]2CC[C@@H](C2)[C@@]1(C)CCC=C(CO)CO. The van der Waals surface area contributed by atoms with E-state index in [1.54, 1.807) is 0 Å². The molecule has 0 heterocycles. The number of fused-ring (bicyclic) bond motifs is 2. The Morgan fingerprint density at radius 1 is 1.17 bits per heavy atom. The molecule has 3 N–H and O–H groups in total. The monoisotopic (exact) mass is 254 g/mol. The van der Waals surface area contributed by atoms with E-state index in [2.05, 4.69) is 6.92 Å². The highest BCUT2D eigenvalue weighted by Crippen LogP contribution is 2.63. The fraction of sp³-hybridized carbons (Fsp3) is 0.867. The molecule has 0 unspecified atom stereocenters. The Hall–Kier alpha value is -0.380. The molecule has 104 valence electrons. The summed E-state index contributed by atoms with van der Waals surface area (Å²) in [5.74, 6) is 1.10. The van der Waals surface area contributed by atoms with Gasteiger partial charge in [0.05, 0.1) is 18.8 Å². The molecule has 2 fully saturated rings. The van der Waals surface area contributed by atoms with Crippen molar-refractivity contribution >= 4 is 0 Å². The molecule has 0 aromatic carbocycles. The van der Waals surface area contributed by atoms with E-state index < -0.39 is 5.60 Å². The van der Waals surface area contributed by atoms with Gasteiger partial charge in [-0.25, -0.2) is 0 Å². The Bertz CT molecular complexity index is 329. The van der Waals surface area contributed by atoms with E-state index in [-0.39, 0.29) is 18.6 Å². The van der Waals surface area contributed by atoms with Gasteiger partial charge in [-0.2, -0.15) is 0 Å². The fourth-order valence-electron chi connectivity index (χ4n) is 4.16. The lowest BCUT2D eigenvalue weighted by molar-refractivity contribution is -0.104. The largest absolute Gasteiger partial charge is 0.392 e. The first-order chi connectivity index (χ1) is 8.45. The molecule has 0 aromatic rings. The lowest BCUT2D eigenvalue weighted by atomic mass is 9.63. The second-order valence-electron chi connectivity index (χ2n) is 6.49. The molecule has 2 aliphatic rings. The minimum absolute atomic E-state index is 0.0115. The van der Waals surface area contributed by atoms with E-state index in [1.807, 2.05) is 13.0 Å². The quantitative estimate of drug-likeness (QED) is 0.656. The maximum Gasteiger partial charge on any atom is 0.0703 e. The molecule has 0 aliphatic heterocycles. The van der Waals surface area contributed by atoms with Crippen LogP contribution in [0, 0.1) is 17.3 Å². The predicted molar refractivity (Wildman–Crippen MR) is 71.1 cm³/mol. The van der Waals surface area contributed by atoms with Crippen LogP contribution in [-0.2, 0) is 0 Å². The van der Waals surface area contributed by atoms with Gasteiger partial charge in [-0.3, -0.25) is 0 Å². The average molecular weight is 254 g/mol. The summed E-state index contributed by atoms with van der Waals surface area (Å²) in [7, 11) is 0. The normalized spacial score (nSPS) is 42.3. The lowest BCUT2D eigenvalue weighted by Gasteiger charge is -2.46. The maximum atomic E-state index is 10.8. The summed E-state index contributed by atoms with van der Waals surface area (Å²) in [6.45, 7) is 4.06. The van der Waals surface area contributed by atoms with E-state index in [0.717, 1.165) is 12.8 Å². The van der Waals surface area contributed by atoms with E-state index in [0.29, 0.717) is 17.4 Å². The van der Waals surface area contributed by atoms with Gasteiger partial charge in [-0.15, -0.1) is 0 Å². The summed E-state index contributed by atoms with van der Waals surface area (Å²) in [5, 5.41) is 28.8. The Labute approximate surface area is 110 Å². The Morgan fingerprint density at radius 3 is 2.28 bits per heavy atom. The highest BCUT2D eigenvalue weighted by molar-refractivity contribution is 5.12. The Morgan fingerprint density at radius 2 is 1.78 bits per heavy atom. The van der Waals surface area contributed by atoms with Crippen LogP contribution >= 0.6 is 0 Å². The van der Waals surface area contributed by atoms with Crippen LogP contribution in [-0.4, -0.2) is 34.1 Å². The molecule has 3 heteroatoms. The highest BCUT2D eigenvalue weighted by atomic mass is 16.3. The third-order valence-corrected chi connectivity index (χ3v) is 5.79. The molecule has 0 amide bonds. The van der Waals surface area contributed by atoms with Crippen LogP contribution in [0.25, 0.3) is 0 Å². The van der Waals surface area contributed by atoms with Crippen molar-refractivity contribution in [3.63, 3.8) is 0 Å². The molecule has 18 heavy (non-hydrogen) atoms. The van der Waals surface area contributed by atoms with Gasteiger partial charge in [0.1, 0.15) is 0 Å². The summed E-state index contributed by atoms with van der Waals surface area (Å²) in [6.07, 6.45) is 7.26. The van der Waals surface area contributed by atoms with Gasteiger partial charge >= 0.3 is 0 Å². The minimum atomic E-state index is -0.553. The Balaban J connectivity index is 2.02. The van der Waals surface area contributed by atoms with Crippen molar-refractivity contribution < 1.29 is 15.3 Å². The topological polar surface area (TPSA) is 60.7 Å². The number of aliphatic hydroxyl groups excluding tert-OH is 2. The van der Waals surface area contributed by atoms with E-state index >= 15 is 0 Å². The van der Waals surface area contributed by atoms with E-state index in [1.165, 1.54) is 19.3 Å². The van der Waals surface area contributed by atoms with Gasteiger partial charge in [-0.1, -0.05) is 13.0 Å². The number of hydrogen-bond donors (Lipinski definition) is 3. The molecule has 0 radical (unpaired) electrons. The number of allylic oxidation sites excluding steroid dienone is 1. The van der Waals surface area contributed by atoms with Crippen LogP contribution in [0.3, 0.4) is 0 Å². The summed E-state index contributed by atoms with van der Waals surface area (Å²) in [4.78, 5) is 0. The summed E-state index contributed by atoms with van der Waals surface area (Å²) < 4.78 is 0. The molecule has 0 saturated heterocycles. The Kier molecular flexibility index (Phi) is 3.86. The third-order valence-electron chi connectivity index (χ3n) is 5.79. The predicted octanol–water partition coefficient (Wildman–Crippen LogP) is 1.86. The number of aliphatic hydroxyl groups is 3. The molecule has 2 saturated carbocycles. The molecule has 3 nitrogen and oxygen atoms in total. The van der Waals surface area contributed by atoms with Crippen LogP contribution in [0.4, 0.5) is 0 Å². The summed E-state index contributed by atoms with van der Waals surface area (Å²) in [6, 6.07) is 0. The summed E-state index contributed by atoms with van der Waals surface area (Å²) in [5.41, 5.74) is 0.117. The second-order valence-corrected chi connectivity index (χ2v) is 6.49. The van der Waals surface area contributed by atoms with Crippen LogP contribution in [0.15, 0.2) is 11.6 Å². The molecule has 0 aromatic heterocycles. The van der Waals surface area contributed by atoms with Crippen molar-refractivity contribution in [3.05, 3.63) is 11.6 Å². The second kappa shape index (κ2) is 4.95. The lowest BCUT2D eigenvalue weighted by Crippen LogP contribution is -2.48. The third kappa shape index (κ3) is 2.02. The van der Waals surface area contributed by atoms with Crippen molar-refractivity contribution in [2.45, 2.75) is 51.6 Å². The standard InChI is InChI=1S/C15H26O3/c1-14(7-3-4-11(9-16)10-17)12-5-6-13(8-12)15(14,2)18/h4,12-13,16-18H,3,5-10H2,1-2H3/t12-,13+,14+,15-/m0/s1. The molecule has 2 aliphatic carbocycles. The van der Waals surface area contributed by atoms with Gasteiger partial charge in [-0.05, 0) is 61.9 Å². The van der Waals surface area contributed by atoms with Gasteiger partial charge in [0.25, 0.3) is 0 Å². The molecule has 2 rings (SSSR count). The van der Waals surface area contributed by atoms with Crippen LogP contribution < -0.4 is 0 Å². The van der Waals surface area contributed by atoms with Crippen LogP contribution in [0.1, 0.15) is 46.0 Å². The first-order valence-corrected chi connectivity index (χ1v) is 7.07. The fourth-order valence-corrected chi connectivity index (χ4v) is 4.16. The highest BCUT2D eigenvalue weighted by Gasteiger charge is 2.61. The first kappa shape index (κ1) is 14.0. The van der Waals surface area contributed by atoms with Crippen LogP contribution in [0.5, 0.6) is 0 Å². The smallest absolute Gasteiger partial charge is 0.0703 e. The molecular formula is C15H26O3. The van der Waals surface area contributed by atoms with Gasteiger partial charge in [0.2, 0.25) is 0 Å². The van der Waals surface area contributed by atoms with Crippen molar-refractivity contribution in [2.75, 3.05) is 13.2 Å². The number of hydrogen-bond acceptors (Lipinski definition) is 3. The van der Waals surface area contributed by atoms with Crippen LogP contribution in [0.2, 0.25) is 0 Å². The molecule has 0 spiro atoms. The molecular weight excluding hydrogens is 228 g/mol. The van der Waals surface area contributed by atoms with Crippen molar-refractivity contribution in [1.29, 1.82) is 0 Å². The van der Waals surface area contributed by atoms with Gasteiger partial charge in [0.15, 0.2) is 0 Å². The zero-order valence-electron chi connectivity index (χ0n) is 11.5. The summed E-state index contributed by atoms with van der Waals surface area (Å²) >= 11 is 0. The minimum Gasteiger partial charge on any atom is -0.392 e. The molecule has 4 atom stereocenters. The zero-order valence-corrected chi connectivity index (χ0v) is 11.5. The average Bonchev–Trinajstić information content (AvgIpc) is 2.89.